The van der Waals surface area contributed by atoms with Crippen LogP contribution in [0, 0.1) is 11.7 Å². The molecule has 3 aromatic rings. The number of aliphatic hydroxyl groups is 1. The van der Waals surface area contributed by atoms with E-state index in [4.69, 9.17) is 26.8 Å². The Kier molecular flexibility index (Phi) is 11.2. The van der Waals surface area contributed by atoms with Gasteiger partial charge in [0.05, 0.1) is 19.7 Å². The molecular weight excluding hydrogens is 561 g/mol. The largest absolute Gasteiger partial charge is 0.464 e. The van der Waals surface area contributed by atoms with Gasteiger partial charge >= 0.3 is 17.8 Å². The molecule has 1 amide bonds. The molecule has 220 valence electrons. The number of aromatic nitrogens is 4. The molecule has 3 rings (SSSR count). The molecule has 0 aliphatic heterocycles. The Hall–Kier alpha value is -3.98. The molecule has 15 heteroatoms. The van der Waals surface area contributed by atoms with Gasteiger partial charge < -0.3 is 20.3 Å². The van der Waals surface area contributed by atoms with Gasteiger partial charge in [0.15, 0.2) is 6.10 Å². The Bertz CT molecular complexity index is 1350. The van der Waals surface area contributed by atoms with Crippen molar-refractivity contribution in [3.8, 4) is 11.1 Å². The van der Waals surface area contributed by atoms with Gasteiger partial charge in [-0.3, -0.25) is 14.6 Å². The predicted molar refractivity (Wildman–Crippen MR) is 144 cm³/mol. The lowest BCUT2D eigenvalue weighted by Crippen LogP contribution is -2.47. The van der Waals surface area contributed by atoms with Gasteiger partial charge in [-0.2, -0.15) is 0 Å². The molecule has 0 spiro atoms. The minimum atomic E-state index is -1.56. The molecule has 2 aromatic carbocycles. The summed E-state index contributed by atoms with van der Waals surface area (Å²) in [5, 5.41) is 22.9. The number of hydrogen-bond acceptors (Lipinski definition) is 11. The summed E-state index contributed by atoms with van der Waals surface area (Å²) >= 11 is 6.00. The van der Waals surface area contributed by atoms with E-state index in [-0.39, 0.29) is 31.4 Å². The number of nitrogens with one attached hydrogen (secondary N) is 1. The Morgan fingerprint density at radius 3 is 2.51 bits per heavy atom. The van der Waals surface area contributed by atoms with Crippen molar-refractivity contribution >= 4 is 29.4 Å². The van der Waals surface area contributed by atoms with Crippen LogP contribution in [-0.4, -0.2) is 73.5 Å². The first-order valence-corrected chi connectivity index (χ1v) is 13.0. The molecule has 0 aliphatic carbocycles. The average Bonchev–Trinajstić information content (AvgIpc) is 3.43. The third-order valence-electron chi connectivity index (χ3n) is 5.77. The number of halogens is 2. The number of esters is 2. The van der Waals surface area contributed by atoms with Gasteiger partial charge in [0.25, 0.3) is 5.82 Å². The van der Waals surface area contributed by atoms with Crippen LogP contribution in [0.25, 0.3) is 11.1 Å². The van der Waals surface area contributed by atoms with E-state index in [2.05, 4.69) is 20.8 Å². The lowest BCUT2D eigenvalue weighted by Gasteiger charge is -2.23. The van der Waals surface area contributed by atoms with Gasteiger partial charge in [-0.05, 0) is 47.4 Å². The third kappa shape index (κ3) is 8.75. The summed E-state index contributed by atoms with van der Waals surface area (Å²) in [6.07, 6.45) is -1.56. The van der Waals surface area contributed by atoms with Crippen molar-refractivity contribution in [2.75, 3.05) is 13.2 Å². The van der Waals surface area contributed by atoms with Crippen LogP contribution >= 0.6 is 11.6 Å². The SMILES string of the molecule is CCOC(=O)C(O)CNN(Cc1ccc(-c2cc(Cl)ccc2F)cc1)C(=O)c1nnn(COC(=O)C(N)C(C)C)n1. The molecule has 0 radical (unpaired) electrons. The fourth-order valence-electron chi connectivity index (χ4n) is 3.40. The summed E-state index contributed by atoms with van der Waals surface area (Å²) in [5.41, 5.74) is 9.93. The van der Waals surface area contributed by atoms with Crippen molar-refractivity contribution in [1.82, 2.24) is 30.6 Å². The van der Waals surface area contributed by atoms with E-state index in [1.54, 1.807) is 45.0 Å². The molecule has 2 unspecified atom stereocenters. The van der Waals surface area contributed by atoms with Crippen molar-refractivity contribution in [3.63, 3.8) is 0 Å². The highest BCUT2D eigenvalue weighted by Gasteiger charge is 2.25. The maximum atomic E-state index is 14.3. The summed E-state index contributed by atoms with van der Waals surface area (Å²) < 4.78 is 24.2. The van der Waals surface area contributed by atoms with Crippen LogP contribution in [0.2, 0.25) is 5.02 Å². The van der Waals surface area contributed by atoms with E-state index in [0.29, 0.717) is 21.7 Å². The number of nitrogens with two attached hydrogens (primary N) is 1. The van der Waals surface area contributed by atoms with Crippen molar-refractivity contribution in [1.29, 1.82) is 0 Å². The highest BCUT2D eigenvalue weighted by atomic mass is 35.5. The Balaban J connectivity index is 1.76. The van der Waals surface area contributed by atoms with Crippen LogP contribution in [0.4, 0.5) is 4.39 Å². The second-order valence-corrected chi connectivity index (χ2v) is 9.63. The smallest absolute Gasteiger partial charge is 0.336 e. The minimum absolute atomic E-state index is 0.0672. The highest BCUT2D eigenvalue weighted by molar-refractivity contribution is 6.30. The van der Waals surface area contributed by atoms with Crippen molar-refractivity contribution in [2.24, 2.45) is 11.7 Å². The number of hydrazine groups is 1. The first-order chi connectivity index (χ1) is 19.5. The Morgan fingerprint density at radius 1 is 1.15 bits per heavy atom. The van der Waals surface area contributed by atoms with Crippen LogP contribution in [-0.2, 0) is 32.3 Å². The Labute approximate surface area is 240 Å². The maximum absolute atomic E-state index is 14.3. The molecule has 0 saturated heterocycles. The number of ether oxygens (including phenoxy) is 2. The van der Waals surface area contributed by atoms with Gasteiger partial charge in [-0.15, -0.1) is 15.0 Å². The molecule has 0 saturated carbocycles. The van der Waals surface area contributed by atoms with E-state index in [9.17, 15) is 23.9 Å². The molecule has 41 heavy (non-hydrogen) atoms. The van der Waals surface area contributed by atoms with Crippen LogP contribution in [0.15, 0.2) is 42.5 Å². The Morgan fingerprint density at radius 2 is 1.85 bits per heavy atom. The van der Waals surface area contributed by atoms with Gasteiger partial charge in [0, 0.05) is 10.6 Å². The number of rotatable bonds is 13. The van der Waals surface area contributed by atoms with E-state index in [0.717, 1.165) is 9.81 Å². The molecule has 1 aromatic heterocycles. The number of tetrazole rings is 1. The normalized spacial score (nSPS) is 12.6. The zero-order chi connectivity index (χ0) is 30.1. The zero-order valence-electron chi connectivity index (χ0n) is 22.7. The van der Waals surface area contributed by atoms with E-state index < -0.39 is 42.5 Å². The van der Waals surface area contributed by atoms with Gasteiger partial charge in [-0.1, -0.05) is 49.7 Å². The molecule has 2 atom stereocenters. The summed E-state index contributed by atoms with van der Waals surface area (Å²) in [4.78, 5) is 38.0. The quantitative estimate of drug-likeness (QED) is 0.195. The number of nitrogens with zero attached hydrogens (tertiary/aromatic N) is 5. The standard InChI is InChI=1S/C26H31ClFN7O6/c1-4-40-25(38)21(36)12-30-34(13-16-5-7-17(8-6-16)19-11-18(27)9-10-20(19)28)24(37)23-31-33-35(32-23)14-41-26(39)22(29)15(2)3/h5-11,15,21-22,30,36H,4,12-14,29H2,1-3H3. The van der Waals surface area contributed by atoms with E-state index in [1.165, 1.54) is 18.2 Å². The van der Waals surface area contributed by atoms with Crippen molar-refractivity contribution in [3.05, 3.63) is 64.7 Å². The number of hydrogen-bond donors (Lipinski definition) is 3. The number of benzene rings is 2. The summed E-state index contributed by atoms with van der Waals surface area (Å²) in [7, 11) is 0. The average molecular weight is 592 g/mol. The fraction of sp³-hybridized carbons (Fsp3) is 0.385. The topological polar surface area (TPSA) is 175 Å². The number of carbonyl (C=O) groups is 3. The molecular formula is C26H31ClFN7O6. The second kappa shape index (κ2) is 14.6. The molecule has 13 nitrogen and oxygen atoms in total. The molecule has 0 fully saturated rings. The molecule has 0 bridgehead atoms. The van der Waals surface area contributed by atoms with Gasteiger partial charge in [0.2, 0.25) is 6.73 Å². The lowest BCUT2D eigenvalue weighted by molar-refractivity contribution is -0.153. The summed E-state index contributed by atoms with van der Waals surface area (Å²) in [6, 6.07) is 10.0. The number of amides is 1. The lowest BCUT2D eigenvalue weighted by atomic mass is 10.0. The summed E-state index contributed by atoms with van der Waals surface area (Å²) in [5.74, 6) is -3.24. The molecule has 0 aliphatic rings. The first-order valence-electron chi connectivity index (χ1n) is 12.6. The van der Waals surface area contributed by atoms with E-state index >= 15 is 0 Å². The maximum Gasteiger partial charge on any atom is 0.336 e. The van der Waals surface area contributed by atoms with Crippen molar-refractivity contribution < 1.29 is 33.4 Å². The molecule has 4 N–H and O–H groups in total. The molecule has 1 heterocycles. The first kappa shape index (κ1) is 31.5. The van der Waals surface area contributed by atoms with Gasteiger partial charge in [-0.25, -0.2) is 14.6 Å². The van der Waals surface area contributed by atoms with Crippen LogP contribution < -0.4 is 11.2 Å². The van der Waals surface area contributed by atoms with Gasteiger partial charge in [0.1, 0.15) is 11.9 Å². The zero-order valence-corrected chi connectivity index (χ0v) is 23.4. The monoisotopic (exact) mass is 591 g/mol. The summed E-state index contributed by atoms with van der Waals surface area (Å²) in [6.45, 7) is 4.33. The third-order valence-corrected chi connectivity index (χ3v) is 6.01. The minimum Gasteiger partial charge on any atom is -0.464 e. The van der Waals surface area contributed by atoms with Crippen molar-refractivity contribution in [2.45, 2.75) is 46.2 Å². The predicted octanol–water partition coefficient (Wildman–Crippen LogP) is 1.69. The number of aliphatic hydroxyl groups excluding tert-OH is 1. The van der Waals surface area contributed by atoms with Crippen LogP contribution in [0.5, 0.6) is 0 Å². The van der Waals surface area contributed by atoms with Crippen LogP contribution in [0.3, 0.4) is 0 Å². The second-order valence-electron chi connectivity index (χ2n) is 9.19. The number of carbonyl (C=O) groups excluding carboxylic acids is 3. The highest BCUT2D eigenvalue weighted by Crippen LogP contribution is 2.26. The van der Waals surface area contributed by atoms with E-state index in [1.807, 2.05) is 0 Å². The fourth-order valence-corrected chi connectivity index (χ4v) is 3.58. The van der Waals surface area contributed by atoms with Crippen LogP contribution in [0.1, 0.15) is 37.0 Å².